The summed E-state index contributed by atoms with van der Waals surface area (Å²) >= 11 is 0. The molecular formula is C16H18N3O2S+. The van der Waals surface area contributed by atoms with E-state index in [9.17, 15) is 4.79 Å². The SMILES string of the molecule is C[S+](C)CCOC(=O)Nc1ccc2c(c1)[nH]c1cnccc12. The molecule has 0 fully saturated rings. The van der Waals surface area contributed by atoms with E-state index in [4.69, 9.17) is 4.74 Å². The minimum atomic E-state index is -0.414. The molecule has 0 spiro atoms. The summed E-state index contributed by atoms with van der Waals surface area (Å²) < 4.78 is 5.16. The van der Waals surface area contributed by atoms with Crippen molar-refractivity contribution in [3.05, 3.63) is 36.7 Å². The van der Waals surface area contributed by atoms with E-state index < -0.39 is 6.09 Å². The van der Waals surface area contributed by atoms with Crippen LogP contribution in [0.5, 0.6) is 0 Å². The second-order valence-corrected chi connectivity index (χ2v) is 7.64. The van der Waals surface area contributed by atoms with Gasteiger partial charge in [0.25, 0.3) is 0 Å². The highest BCUT2D eigenvalue weighted by Gasteiger charge is 2.09. The third kappa shape index (κ3) is 3.17. The van der Waals surface area contributed by atoms with Crippen LogP contribution < -0.4 is 5.32 Å². The minimum absolute atomic E-state index is 0.278. The number of anilines is 1. The summed E-state index contributed by atoms with van der Waals surface area (Å²) in [6, 6.07) is 7.74. The van der Waals surface area contributed by atoms with Crippen molar-refractivity contribution in [1.82, 2.24) is 9.97 Å². The number of nitrogens with zero attached hydrogens (tertiary/aromatic N) is 1. The molecule has 1 amide bonds. The largest absolute Gasteiger partial charge is 0.444 e. The number of hydrogen-bond donors (Lipinski definition) is 2. The molecule has 0 atom stereocenters. The Kier molecular flexibility index (Phi) is 4.20. The van der Waals surface area contributed by atoms with Crippen LogP contribution in [-0.2, 0) is 15.6 Å². The molecule has 0 saturated heterocycles. The fraction of sp³-hybridized carbons (Fsp3) is 0.250. The molecule has 0 bridgehead atoms. The number of ether oxygens (including phenoxy) is 1. The number of carbonyl (C=O) groups is 1. The Morgan fingerprint density at radius 2 is 2.09 bits per heavy atom. The molecule has 114 valence electrons. The molecule has 2 aromatic heterocycles. The number of fused-ring (bicyclic) bond motifs is 3. The first-order valence-corrected chi connectivity index (χ1v) is 9.18. The Bertz CT molecular complexity index is 813. The Morgan fingerprint density at radius 3 is 2.91 bits per heavy atom. The summed E-state index contributed by atoms with van der Waals surface area (Å²) in [5.41, 5.74) is 2.66. The summed E-state index contributed by atoms with van der Waals surface area (Å²) in [7, 11) is 0.278. The molecule has 3 aromatic rings. The lowest BCUT2D eigenvalue weighted by atomic mass is 10.2. The highest BCUT2D eigenvalue weighted by molar-refractivity contribution is 7.95. The summed E-state index contributed by atoms with van der Waals surface area (Å²) in [5.74, 6) is 0.890. The lowest BCUT2D eigenvalue weighted by Crippen LogP contribution is -2.18. The molecule has 2 heterocycles. The summed E-state index contributed by atoms with van der Waals surface area (Å²) in [6.45, 7) is 0.447. The number of nitrogens with one attached hydrogen (secondary N) is 2. The van der Waals surface area contributed by atoms with E-state index in [2.05, 4.69) is 27.8 Å². The molecule has 0 unspecified atom stereocenters. The molecule has 22 heavy (non-hydrogen) atoms. The molecule has 1 aromatic carbocycles. The van der Waals surface area contributed by atoms with Gasteiger partial charge in [0.15, 0.2) is 0 Å². The van der Waals surface area contributed by atoms with E-state index >= 15 is 0 Å². The van der Waals surface area contributed by atoms with Crippen LogP contribution >= 0.6 is 0 Å². The van der Waals surface area contributed by atoms with Crippen molar-refractivity contribution < 1.29 is 9.53 Å². The average molecular weight is 316 g/mol. The molecule has 0 radical (unpaired) electrons. The van der Waals surface area contributed by atoms with Crippen LogP contribution in [0.2, 0.25) is 0 Å². The van der Waals surface area contributed by atoms with Gasteiger partial charge in [0.1, 0.15) is 12.4 Å². The molecule has 0 aliphatic heterocycles. The first-order chi connectivity index (χ1) is 10.6. The number of hydrogen-bond acceptors (Lipinski definition) is 3. The number of benzene rings is 1. The summed E-state index contributed by atoms with van der Waals surface area (Å²) in [4.78, 5) is 19.2. The molecule has 6 heteroatoms. The summed E-state index contributed by atoms with van der Waals surface area (Å²) in [6.07, 6.45) is 7.40. The van der Waals surface area contributed by atoms with Crippen molar-refractivity contribution in [3.63, 3.8) is 0 Å². The molecule has 2 N–H and O–H groups in total. The average Bonchev–Trinajstić information content (AvgIpc) is 2.84. The van der Waals surface area contributed by atoms with E-state index in [-0.39, 0.29) is 10.9 Å². The van der Waals surface area contributed by atoms with E-state index in [0.29, 0.717) is 12.3 Å². The van der Waals surface area contributed by atoms with Crippen LogP contribution in [0.4, 0.5) is 10.5 Å². The lowest BCUT2D eigenvalue weighted by molar-refractivity contribution is 0.169. The van der Waals surface area contributed by atoms with Gasteiger partial charge in [-0.1, -0.05) is 6.07 Å². The van der Waals surface area contributed by atoms with E-state index in [1.54, 1.807) is 12.4 Å². The van der Waals surface area contributed by atoms with E-state index in [0.717, 1.165) is 27.6 Å². The van der Waals surface area contributed by atoms with Crippen LogP contribution in [0.15, 0.2) is 36.7 Å². The van der Waals surface area contributed by atoms with Gasteiger partial charge in [0, 0.05) is 28.2 Å². The number of aromatic amines is 1. The van der Waals surface area contributed by atoms with E-state index in [1.165, 1.54) is 0 Å². The number of aromatic nitrogens is 2. The summed E-state index contributed by atoms with van der Waals surface area (Å²) in [5, 5.41) is 4.99. The molecular weight excluding hydrogens is 298 g/mol. The highest BCUT2D eigenvalue weighted by Crippen LogP contribution is 2.26. The Balaban J connectivity index is 1.75. The predicted octanol–water partition coefficient (Wildman–Crippen LogP) is 3.14. The highest BCUT2D eigenvalue weighted by atomic mass is 32.2. The van der Waals surface area contributed by atoms with Gasteiger partial charge in [-0.15, -0.1) is 0 Å². The van der Waals surface area contributed by atoms with Gasteiger partial charge in [-0.05, 0) is 29.1 Å². The Hall–Kier alpha value is -2.21. The fourth-order valence-corrected chi connectivity index (χ4v) is 2.71. The number of pyridine rings is 1. The van der Waals surface area contributed by atoms with E-state index in [1.807, 2.05) is 24.3 Å². The minimum Gasteiger partial charge on any atom is -0.444 e. The van der Waals surface area contributed by atoms with Gasteiger partial charge in [-0.3, -0.25) is 10.3 Å². The maximum atomic E-state index is 11.8. The zero-order valence-electron chi connectivity index (χ0n) is 12.6. The number of amides is 1. The van der Waals surface area contributed by atoms with Gasteiger partial charge in [-0.2, -0.15) is 0 Å². The smallest absolute Gasteiger partial charge is 0.411 e. The van der Waals surface area contributed by atoms with Gasteiger partial charge in [-0.25, -0.2) is 4.79 Å². The molecule has 5 nitrogen and oxygen atoms in total. The second-order valence-electron chi connectivity index (χ2n) is 5.26. The lowest BCUT2D eigenvalue weighted by Gasteiger charge is -2.06. The first-order valence-electron chi connectivity index (χ1n) is 6.97. The fourth-order valence-electron chi connectivity index (χ4n) is 2.29. The van der Waals surface area contributed by atoms with Crippen LogP contribution in [-0.4, -0.2) is 40.9 Å². The van der Waals surface area contributed by atoms with Gasteiger partial charge >= 0.3 is 6.09 Å². The molecule has 3 rings (SSSR count). The normalized spacial score (nSPS) is 11.2. The first kappa shape index (κ1) is 14.7. The van der Waals surface area contributed by atoms with Gasteiger partial charge in [0.05, 0.1) is 24.2 Å². The maximum Gasteiger partial charge on any atom is 0.411 e. The van der Waals surface area contributed by atoms with Crippen LogP contribution in [0, 0.1) is 0 Å². The number of rotatable bonds is 4. The Morgan fingerprint density at radius 1 is 1.27 bits per heavy atom. The third-order valence-corrected chi connectivity index (χ3v) is 4.35. The van der Waals surface area contributed by atoms with Crippen molar-refractivity contribution in [2.75, 3.05) is 30.2 Å². The molecule has 0 aliphatic carbocycles. The van der Waals surface area contributed by atoms with Crippen molar-refractivity contribution in [2.24, 2.45) is 0 Å². The molecule has 0 aliphatic rings. The number of H-pyrrole nitrogens is 1. The van der Waals surface area contributed by atoms with Crippen LogP contribution in [0.3, 0.4) is 0 Å². The predicted molar refractivity (Wildman–Crippen MR) is 92.7 cm³/mol. The standard InChI is InChI=1S/C16H17N3O2S/c1-22(2)8-7-21-16(20)18-11-3-4-12-13-5-6-17-10-15(13)19-14(12)9-11/h3-6,9-10H,7-8H2,1-2H3,(H-,17,18,19,20)/p+1. The van der Waals surface area contributed by atoms with Gasteiger partial charge in [0.2, 0.25) is 0 Å². The van der Waals surface area contributed by atoms with Crippen LogP contribution in [0.25, 0.3) is 21.8 Å². The zero-order valence-corrected chi connectivity index (χ0v) is 13.4. The maximum absolute atomic E-state index is 11.8. The third-order valence-electron chi connectivity index (χ3n) is 3.37. The monoisotopic (exact) mass is 316 g/mol. The quantitative estimate of drug-likeness (QED) is 0.727. The topological polar surface area (TPSA) is 67.0 Å². The Labute approximate surface area is 131 Å². The van der Waals surface area contributed by atoms with Crippen molar-refractivity contribution >= 4 is 44.5 Å². The van der Waals surface area contributed by atoms with Crippen molar-refractivity contribution in [2.45, 2.75) is 0 Å². The molecule has 0 saturated carbocycles. The van der Waals surface area contributed by atoms with Crippen LogP contribution in [0.1, 0.15) is 0 Å². The number of carbonyl (C=O) groups excluding carboxylic acids is 1. The second kappa shape index (κ2) is 6.27. The van der Waals surface area contributed by atoms with Crippen molar-refractivity contribution in [3.8, 4) is 0 Å². The van der Waals surface area contributed by atoms with Gasteiger partial charge < -0.3 is 9.72 Å². The zero-order chi connectivity index (χ0) is 15.5. The van der Waals surface area contributed by atoms with Crippen molar-refractivity contribution in [1.29, 1.82) is 0 Å².